The second-order valence-electron chi connectivity index (χ2n) is 35.0. The number of nitrogens with zero attached hydrogens (tertiary/aromatic N) is 8. The molecule has 0 bridgehead atoms. The minimum atomic E-state index is -1.01. The third-order valence-electron chi connectivity index (χ3n) is 29.1. The number of hydrogen-bond donors (Lipinski definition) is 4. The average Bonchev–Trinajstić information content (AvgIpc) is 1.55. The van der Waals surface area contributed by atoms with E-state index in [1.807, 2.05) is 54.6 Å². The maximum atomic E-state index is 13.7. The zero-order valence-electron chi connectivity index (χ0n) is 69.1. The third kappa shape index (κ3) is 13.2. The van der Waals surface area contributed by atoms with Gasteiger partial charge in [0.1, 0.15) is 41.1 Å². The number of hydrogen-bond acceptors (Lipinski definition) is 22. The Kier molecular flexibility index (Phi) is 21.6. The number of fused-ring (bicyclic) bond motifs is 12. The first kappa shape index (κ1) is 80.5. The fourth-order valence-corrected chi connectivity index (χ4v) is 22.1. The predicted molar refractivity (Wildman–Crippen MR) is 439 cm³/mol. The van der Waals surface area contributed by atoms with E-state index in [-0.39, 0.29) is 81.6 Å². The van der Waals surface area contributed by atoms with Crippen LogP contribution in [0, 0.1) is 27.6 Å². The van der Waals surface area contributed by atoms with Gasteiger partial charge in [0.15, 0.2) is 46.0 Å². The molecule has 19 rings (SSSR count). The zero-order valence-corrected chi connectivity index (χ0v) is 69.1. The first-order valence-electron chi connectivity index (χ1n) is 41.8. The van der Waals surface area contributed by atoms with E-state index in [2.05, 4.69) is 42.5 Å². The van der Waals surface area contributed by atoms with Gasteiger partial charge in [-0.05, 0) is 259 Å². The molecule has 26 heteroatoms. The summed E-state index contributed by atoms with van der Waals surface area (Å²) in [6.45, 7) is 1.70. The monoisotopic (exact) mass is 1590 g/mol. The Hall–Kier alpha value is -9.34. The Morgan fingerprint density at radius 1 is 0.353 bits per heavy atom. The van der Waals surface area contributed by atoms with Crippen LogP contribution in [0.3, 0.4) is 0 Å². The van der Waals surface area contributed by atoms with Gasteiger partial charge in [0.25, 0.3) is 23.6 Å². The second-order valence-corrected chi connectivity index (χ2v) is 35.0. The van der Waals surface area contributed by atoms with Gasteiger partial charge in [0.05, 0.1) is 50.8 Å². The van der Waals surface area contributed by atoms with Crippen molar-refractivity contribution in [1.29, 1.82) is 0 Å². The van der Waals surface area contributed by atoms with Crippen molar-refractivity contribution in [2.24, 2.45) is 70.5 Å². The van der Waals surface area contributed by atoms with Crippen LogP contribution in [0.15, 0.2) is 117 Å². The quantitative estimate of drug-likeness (QED) is 0.0629. The first-order valence-corrected chi connectivity index (χ1v) is 41.8. The molecule has 5 aromatic carbocycles. The van der Waals surface area contributed by atoms with E-state index >= 15 is 0 Å². The lowest BCUT2D eigenvalue weighted by molar-refractivity contribution is -0.138. The van der Waals surface area contributed by atoms with Crippen LogP contribution in [0.2, 0.25) is 0 Å². The van der Waals surface area contributed by atoms with E-state index in [0.29, 0.717) is 42.7 Å². The van der Waals surface area contributed by atoms with E-state index in [1.165, 1.54) is 43.6 Å². The summed E-state index contributed by atoms with van der Waals surface area (Å²) >= 11 is 0. The Morgan fingerprint density at radius 2 is 0.664 bits per heavy atom. The number of benzene rings is 5. The highest BCUT2D eigenvalue weighted by atomic mass is 16.5. The predicted octanol–water partition coefficient (Wildman–Crippen LogP) is 10.7. The fraction of sp³-hybridized carbons (Fsp3) is 0.578. The van der Waals surface area contributed by atoms with Crippen LogP contribution in [0.25, 0.3) is 0 Å². The lowest BCUT2D eigenvalue weighted by atomic mass is 9.61. The van der Waals surface area contributed by atoms with Gasteiger partial charge < -0.3 is 70.3 Å². The number of aliphatic imine (C=N–C) groups is 4. The number of nitrogens with two attached hydrogens (primary N) is 4. The molecule has 8 spiro atoms. The van der Waals surface area contributed by atoms with E-state index in [0.717, 1.165) is 217 Å². The Labute approximate surface area is 680 Å². The van der Waals surface area contributed by atoms with E-state index in [4.69, 9.17) is 90.3 Å². The van der Waals surface area contributed by atoms with Crippen molar-refractivity contribution < 1.29 is 66.5 Å². The summed E-state index contributed by atoms with van der Waals surface area (Å²) in [5.41, 5.74) is 28.4. The molecule has 6 fully saturated rings. The van der Waals surface area contributed by atoms with Gasteiger partial charge in [0, 0.05) is 91.5 Å². The van der Waals surface area contributed by atoms with Gasteiger partial charge >= 0.3 is 0 Å². The van der Waals surface area contributed by atoms with Crippen molar-refractivity contribution in [2.45, 2.75) is 213 Å². The SMILES string of the molecule is COC1CCC2(CC1)Cc1ccc(OC3CC3)cc1C21N=C(N)N(C)C1=O.COC1CCC2(CC1)Cc1ccc(OCCC3CC3)cc1C21N=C(N)N(C)C1=O.COCCOc1ccc2c(c1)C1(N=C(N)N(C)C1=O)C1(CCC(OC)CC1)C2.COc1cccc(Oc2ccc3c(c2)C2(N=C(N)N(C)C2=O)C2(CCC(OC)CC2)C3)c1. The molecule has 4 aliphatic heterocycles. The first-order chi connectivity index (χ1) is 55.9. The van der Waals surface area contributed by atoms with Crippen LogP contribution < -0.4 is 46.6 Å². The number of ether oxygens (including phenoxy) is 10. The fourth-order valence-electron chi connectivity index (χ4n) is 22.1. The molecule has 0 radical (unpaired) electrons. The smallest absolute Gasteiger partial charge is 0.262 e. The molecule has 4 atom stereocenters. The van der Waals surface area contributed by atoms with Gasteiger partial charge in [-0.2, -0.15) is 0 Å². The van der Waals surface area contributed by atoms with E-state index in [9.17, 15) is 19.2 Å². The lowest BCUT2D eigenvalue weighted by Crippen LogP contribution is -2.51. The molecule has 0 saturated heterocycles. The molecule has 4 unspecified atom stereocenters. The largest absolute Gasteiger partial charge is 0.497 e. The van der Waals surface area contributed by atoms with Crippen LogP contribution in [0.5, 0.6) is 34.5 Å². The molecule has 5 aromatic rings. The summed E-state index contributed by atoms with van der Waals surface area (Å²) in [7, 11) is 17.2. The highest BCUT2D eigenvalue weighted by molar-refractivity contribution is 6.11. The van der Waals surface area contributed by atoms with Crippen molar-refractivity contribution in [3.05, 3.63) is 142 Å². The number of carbonyl (C=O) groups is 4. The number of carbonyl (C=O) groups excluding carboxylic acids is 4. The summed E-state index contributed by atoms with van der Waals surface area (Å²) in [4.78, 5) is 79.9. The summed E-state index contributed by atoms with van der Waals surface area (Å²) in [6.07, 6.45) is 25.3. The summed E-state index contributed by atoms with van der Waals surface area (Å²) < 4.78 is 56.8. The van der Waals surface area contributed by atoms with E-state index in [1.54, 1.807) is 70.8 Å². The molecule has 8 N–H and O–H groups in total. The number of amides is 4. The van der Waals surface area contributed by atoms with Crippen molar-refractivity contribution in [3.63, 3.8) is 0 Å². The molecular weight excluding hydrogens is 1470 g/mol. The minimum absolute atomic E-state index is 0.000234. The Bertz CT molecular complexity index is 4740. The van der Waals surface area contributed by atoms with Crippen LogP contribution in [-0.2, 0) is 90.7 Å². The van der Waals surface area contributed by atoms with Gasteiger partial charge in [-0.15, -0.1) is 0 Å². The zero-order chi connectivity index (χ0) is 81.5. The van der Waals surface area contributed by atoms with Crippen LogP contribution >= 0.6 is 0 Å². The molecule has 14 aliphatic rings. The molecule has 6 saturated carbocycles. The number of methoxy groups -OCH3 is 6. The third-order valence-corrected chi connectivity index (χ3v) is 29.1. The standard InChI is InChI=1S/C25H29N3O4.C23H31N3O3.C21H29N3O4.C21H27N3O3/c1-28-22(29)25(27-23(28)26)21-14-20(32-19-6-4-5-18(13-19)31-3)8-7-16(21)15-24(25)11-9-17(30-2)10-12-24;1-26-20(27)23(25-21(26)24)19-13-18(29-12-9-15-3-4-15)6-5-16(19)14-22(23)10-7-17(28-2)8-11-22;1-24-18(25)21(23-19(24)22)17-12-16(28-11-10-26-2)5-4-14(17)13-20(21)8-6-15(27-3)7-9-20;1-24-18(25)21(23-19(24)22)17-11-16(27-15-5-6-15)4-3-13(17)12-20(21)9-7-14(26-2)8-10-20/h4-8,13-14,17H,9-12,15H2,1-3H3,(H2,26,27);5-6,13,15,17H,3-4,7-12,14H2,1-2H3,(H2,24,25);4-5,12,15H,6-11,13H2,1-3H3,(H2,22,23);3-4,11,14-15H,5-10,12H2,1-2H3,(H2,22,23). The molecular formula is C90H116N12O14. The van der Waals surface area contributed by atoms with Crippen molar-refractivity contribution in [3.8, 4) is 34.5 Å². The molecule has 4 amide bonds. The Morgan fingerprint density at radius 3 is 0.974 bits per heavy atom. The summed E-state index contributed by atoms with van der Waals surface area (Å²) in [5.74, 6) is 6.40. The lowest BCUT2D eigenvalue weighted by Gasteiger charge is -2.45. The summed E-state index contributed by atoms with van der Waals surface area (Å²) in [6, 6.07) is 32.0. The minimum Gasteiger partial charge on any atom is -0.497 e. The number of likely N-dealkylation sites (N-methyl/N-ethyl adjacent to an activating group) is 4. The number of rotatable bonds is 17. The number of guanidine groups is 4. The van der Waals surface area contributed by atoms with Gasteiger partial charge in [-0.3, -0.25) is 38.8 Å². The normalized spacial score (nSPS) is 32.1. The topological polar surface area (TPSA) is 327 Å². The maximum absolute atomic E-state index is 13.7. The summed E-state index contributed by atoms with van der Waals surface area (Å²) in [5, 5.41) is 0. The molecule has 0 aromatic heterocycles. The van der Waals surface area contributed by atoms with Crippen molar-refractivity contribution in [2.75, 3.05) is 90.7 Å². The Balaban J connectivity index is 0.000000116. The second kappa shape index (κ2) is 31.2. The average molecular weight is 1590 g/mol. The van der Waals surface area contributed by atoms with Crippen LogP contribution in [0.4, 0.5) is 0 Å². The molecule has 116 heavy (non-hydrogen) atoms. The molecule has 620 valence electrons. The highest BCUT2D eigenvalue weighted by Gasteiger charge is 2.71. The molecule has 4 heterocycles. The molecule has 10 aliphatic carbocycles. The van der Waals surface area contributed by atoms with Crippen LogP contribution in [0.1, 0.15) is 179 Å². The van der Waals surface area contributed by atoms with Crippen molar-refractivity contribution >= 4 is 47.5 Å². The maximum Gasteiger partial charge on any atom is 0.262 e. The van der Waals surface area contributed by atoms with Gasteiger partial charge in [0.2, 0.25) is 0 Å². The van der Waals surface area contributed by atoms with Gasteiger partial charge in [-0.1, -0.05) is 43.2 Å². The van der Waals surface area contributed by atoms with Crippen molar-refractivity contribution in [1.82, 2.24) is 19.6 Å². The highest BCUT2D eigenvalue weighted by Crippen LogP contribution is 2.67. The van der Waals surface area contributed by atoms with Crippen LogP contribution in [-0.4, -0.2) is 188 Å². The van der Waals surface area contributed by atoms with E-state index < -0.39 is 22.2 Å². The molecule has 26 nitrogen and oxygen atoms in total. The van der Waals surface area contributed by atoms with Gasteiger partial charge in [-0.25, -0.2) is 20.0 Å².